The molecule has 0 aliphatic rings. The number of esters is 2. The number of allylic oxidation sites excluding steroid dienone is 2. The summed E-state index contributed by atoms with van der Waals surface area (Å²) >= 11 is 0. The van der Waals surface area contributed by atoms with Crippen molar-refractivity contribution in [1.29, 1.82) is 0 Å². The van der Waals surface area contributed by atoms with Crippen LogP contribution in [-0.2, 0) is 32.7 Å². The van der Waals surface area contributed by atoms with Gasteiger partial charge in [-0.05, 0) is 38.5 Å². The van der Waals surface area contributed by atoms with E-state index in [1.54, 1.807) is 0 Å². The number of nitrogens with zero attached hydrogens (tertiary/aromatic N) is 1. The molecule has 0 saturated carbocycles. The van der Waals surface area contributed by atoms with E-state index in [1.165, 1.54) is 109 Å². The summed E-state index contributed by atoms with van der Waals surface area (Å²) in [6, 6.07) is 0. The molecule has 0 aromatic heterocycles. The molecular weight excluding hydrogens is 653 g/mol. The van der Waals surface area contributed by atoms with E-state index >= 15 is 0 Å². The highest BCUT2D eigenvalue weighted by molar-refractivity contribution is 7.45. The Labute approximate surface area is 307 Å². The summed E-state index contributed by atoms with van der Waals surface area (Å²) in [6.45, 7) is 4.17. The van der Waals surface area contributed by atoms with Crippen molar-refractivity contribution >= 4 is 19.8 Å². The molecule has 10 heteroatoms. The second kappa shape index (κ2) is 33.6. The van der Waals surface area contributed by atoms with Gasteiger partial charge in [0.05, 0.1) is 27.7 Å². The highest BCUT2D eigenvalue weighted by Crippen LogP contribution is 2.38. The number of unbranched alkanes of at least 4 members (excludes halogenated alkanes) is 21. The van der Waals surface area contributed by atoms with Crippen LogP contribution in [0.3, 0.4) is 0 Å². The van der Waals surface area contributed by atoms with Gasteiger partial charge in [0.1, 0.15) is 19.8 Å². The van der Waals surface area contributed by atoms with Crippen molar-refractivity contribution in [3.05, 3.63) is 12.2 Å². The Morgan fingerprint density at radius 1 is 0.600 bits per heavy atom. The standard InChI is InChI=1S/C40H78NO8P/c1-6-8-10-12-14-15-16-17-18-19-20-21-22-23-24-25-27-29-31-33-40(43)49-38(37-48-50(44,45)47-35-34-41(3,4)5)36-46-39(42)32-30-28-26-13-11-9-7-2/h17-18,38H,6-16,19-37H2,1-5H3/b18-17-. The number of quaternary nitrogens is 1. The molecule has 0 amide bonds. The van der Waals surface area contributed by atoms with Gasteiger partial charge in [-0.1, -0.05) is 142 Å². The number of phosphoric ester groups is 1. The molecule has 0 saturated heterocycles. The Kier molecular flexibility index (Phi) is 32.7. The summed E-state index contributed by atoms with van der Waals surface area (Å²) in [5, 5.41) is 0. The van der Waals surface area contributed by atoms with Crippen LogP contribution in [0.4, 0.5) is 0 Å². The normalized spacial score (nSPS) is 13.8. The third-order valence-corrected chi connectivity index (χ3v) is 9.75. The molecular formula is C40H78NO8P. The van der Waals surface area contributed by atoms with Gasteiger partial charge in [-0.2, -0.15) is 0 Å². The van der Waals surface area contributed by atoms with Gasteiger partial charge in [-0.25, -0.2) is 0 Å². The van der Waals surface area contributed by atoms with Gasteiger partial charge in [0.2, 0.25) is 0 Å². The number of rotatable bonds is 37. The number of ether oxygens (including phenoxy) is 2. The van der Waals surface area contributed by atoms with E-state index < -0.39 is 26.5 Å². The van der Waals surface area contributed by atoms with Crippen LogP contribution in [0.2, 0.25) is 0 Å². The summed E-state index contributed by atoms with van der Waals surface area (Å²) in [5.41, 5.74) is 0. The van der Waals surface area contributed by atoms with Crippen LogP contribution < -0.4 is 4.89 Å². The van der Waals surface area contributed by atoms with Crippen molar-refractivity contribution in [2.45, 2.75) is 187 Å². The predicted octanol–water partition coefficient (Wildman–Crippen LogP) is 10.4. The van der Waals surface area contributed by atoms with Gasteiger partial charge in [0, 0.05) is 12.8 Å². The maximum absolute atomic E-state index is 12.6. The van der Waals surface area contributed by atoms with E-state index in [1.807, 2.05) is 21.1 Å². The molecule has 2 unspecified atom stereocenters. The first-order valence-corrected chi connectivity index (χ1v) is 21.9. The van der Waals surface area contributed by atoms with Crippen molar-refractivity contribution in [1.82, 2.24) is 0 Å². The molecule has 2 atom stereocenters. The van der Waals surface area contributed by atoms with Crippen molar-refractivity contribution in [2.75, 3.05) is 47.5 Å². The minimum Gasteiger partial charge on any atom is -0.756 e. The maximum atomic E-state index is 12.6. The zero-order valence-corrected chi connectivity index (χ0v) is 34.0. The average molecular weight is 732 g/mol. The lowest BCUT2D eigenvalue weighted by Crippen LogP contribution is -2.37. The molecule has 0 spiro atoms. The quantitative estimate of drug-likeness (QED) is 0.0204. The fourth-order valence-electron chi connectivity index (χ4n) is 5.53. The van der Waals surface area contributed by atoms with Crippen molar-refractivity contribution in [2.24, 2.45) is 0 Å². The molecule has 50 heavy (non-hydrogen) atoms. The smallest absolute Gasteiger partial charge is 0.306 e. The van der Waals surface area contributed by atoms with Gasteiger partial charge < -0.3 is 27.9 Å². The third kappa shape index (κ3) is 36.5. The van der Waals surface area contributed by atoms with Gasteiger partial charge in [0.25, 0.3) is 7.82 Å². The molecule has 0 aromatic rings. The second-order valence-corrected chi connectivity index (χ2v) is 16.4. The average Bonchev–Trinajstić information content (AvgIpc) is 3.06. The summed E-state index contributed by atoms with van der Waals surface area (Å²) in [4.78, 5) is 37.2. The molecule has 0 fully saturated rings. The number of carbonyl (C=O) groups excluding carboxylic acids is 2. The Balaban J connectivity index is 4.26. The Bertz CT molecular complexity index is 876. The molecule has 0 bridgehead atoms. The molecule has 0 N–H and O–H groups in total. The summed E-state index contributed by atoms with van der Waals surface area (Å²) in [6.07, 6.45) is 32.6. The van der Waals surface area contributed by atoms with Gasteiger partial charge in [-0.15, -0.1) is 0 Å². The lowest BCUT2D eigenvalue weighted by Gasteiger charge is -2.28. The van der Waals surface area contributed by atoms with E-state index in [4.69, 9.17) is 18.5 Å². The topological polar surface area (TPSA) is 111 Å². The molecule has 0 rings (SSSR count). The van der Waals surface area contributed by atoms with E-state index in [2.05, 4.69) is 26.0 Å². The Morgan fingerprint density at radius 2 is 1.02 bits per heavy atom. The van der Waals surface area contributed by atoms with Crippen molar-refractivity contribution < 1.29 is 42.1 Å². The first-order valence-electron chi connectivity index (χ1n) is 20.4. The van der Waals surface area contributed by atoms with E-state index in [-0.39, 0.29) is 32.0 Å². The van der Waals surface area contributed by atoms with E-state index in [9.17, 15) is 19.0 Å². The SMILES string of the molecule is CCCCCCCC/C=C\CCCCCCCCCCCC(=O)OC(COC(=O)CCCCCCCCC)COP(=O)([O-])OCC[N+](C)(C)C. The van der Waals surface area contributed by atoms with Gasteiger partial charge >= 0.3 is 11.9 Å². The van der Waals surface area contributed by atoms with Crippen LogP contribution in [-0.4, -0.2) is 70.0 Å². The van der Waals surface area contributed by atoms with Crippen LogP contribution in [0.5, 0.6) is 0 Å². The minimum atomic E-state index is -4.61. The summed E-state index contributed by atoms with van der Waals surface area (Å²) in [5.74, 6) is -0.839. The zero-order valence-electron chi connectivity index (χ0n) is 33.1. The van der Waals surface area contributed by atoms with E-state index in [0.717, 1.165) is 38.5 Å². The highest BCUT2D eigenvalue weighted by atomic mass is 31.2. The monoisotopic (exact) mass is 732 g/mol. The number of phosphoric acid groups is 1. The Hall–Kier alpha value is -1.25. The Morgan fingerprint density at radius 3 is 1.48 bits per heavy atom. The van der Waals surface area contributed by atoms with E-state index in [0.29, 0.717) is 17.4 Å². The third-order valence-electron chi connectivity index (χ3n) is 8.79. The van der Waals surface area contributed by atoms with Gasteiger partial charge in [0.15, 0.2) is 6.10 Å². The second-order valence-electron chi connectivity index (χ2n) is 15.0. The lowest BCUT2D eigenvalue weighted by molar-refractivity contribution is -0.870. The minimum absolute atomic E-state index is 0.0286. The molecule has 0 aromatic carbocycles. The molecule has 296 valence electrons. The number of likely N-dealkylation sites (N-methyl/N-ethyl adjacent to an activating group) is 1. The van der Waals surface area contributed by atoms with Crippen molar-refractivity contribution in [3.63, 3.8) is 0 Å². The number of hydrogen-bond donors (Lipinski definition) is 0. The van der Waals surface area contributed by atoms with Crippen LogP contribution in [0.25, 0.3) is 0 Å². The molecule has 9 nitrogen and oxygen atoms in total. The fraction of sp³-hybridized carbons (Fsp3) is 0.900. The van der Waals surface area contributed by atoms with Crippen LogP contribution >= 0.6 is 7.82 Å². The molecule has 0 radical (unpaired) electrons. The summed E-state index contributed by atoms with van der Waals surface area (Å²) < 4.78 is 33.7. The number of carbonyl (C=O) groups is 2. The lowest BCUT2D eigenvalue weighted by atomic mass is 10.1. The first-order chi connectivity index (χ1) is 24.0. The highest BCUT2D eigenvalue weighted by Gasteiger charge is 2.21. The molecule has 0 aliphatic carbocycles. The zero-order chi connectivity index (χ0) is 37.2. The maximum Gasteiger partial charge on any atom is 0.306 e. The predicted molar refractivity (Wildman–Crippen MR) is 204 cm³/mol. The van der Waals surface area contributed by atoms with Crippen LogP contribution in [0.15, 0.2) is 12.2 Å². The fourth-order valence-corrected chi connectivity index (χ4v) is 6.26. The largest absolute Gasteiger partial charge is 0.756 e. The molecule has 0 heterocycles. The van der Waals surface area contributed by atoms with Crippen LogP contribution in [0.1, 0.15) is 181 Å². The first kappa shape index (κ1) is 48.8. The molecule has 0 aliphatic heterocycles. The van der Waals surface area contributed by atoms with Crippen molar-refractivity contribution in [3.8, 4) is 0 Å². The number of hydrogen-bond acceptors (Lipinski definition) is 8. The summed E-state index contributed by atoms with van der Waals surface area (Å²) in [7, 11) is 1.17. The van der Waals surface area contributed by atoms with Crippen LogP contribution in [0, 0.1) is 0 Å². The van der Waals surface area contributed by atoms with Gasteiger partial charge in [-0.3, -0.25) is 14.2 Å².